The highest BCUT2D eigenvalue weighted by atomic mass is 35.5. The Morgan fingerprint density at radius 3 is 2.22 bits per heavy atom. The van der Waals surface area contributed by atoms with Gasteiger partial charge in [-0.2, -0.15) is 15.0 Å². The minimum absolute atomic E-state index is 0.184. The van der Waals surface area contributed by atoms with Gasteiger partial charge in [-0.05, 0) is 30.9 Å². The van der Waals surface area contributed by atoms with Gasteiger partial charge in [0.05, 0.1) is 6.61 Å². The molecule has 0 aliphatic rings. The zero-order valence-corrected chi connectivity index (χ0v) is 12.1. The number of halogens is 1. The molecule has 0 bridgehead atoms. The quantitative estimate of drug-likeness (QED) is 0.728. The molecule has 0 N–H and O–H groups in total. The van der Waals surface area contributed by atoms with Crippen molar-refractivity contribution in [3.8, 4) is 6.01 Å². The zero-order valence-electron chi connectivity index (χ0n) is 11.3. The van der Waals surface area contributed by atoms with E-state index >= 15 is 0 Å². The first-order valence-corrected chi connectivity index (χ1v) is 6.88. The molecule has 0 saturated heterocycles. The monoisotopic (exact) mass is 272 g/mol. The van der Waals surface area contributed by atoms with Crippen molar-refractivity contribution in [1.29, 1.82) is 0 Å². The molecular weight excluding hydrogens is 252 g/mol. The maximum atomic E-state index is 5.90. The van der Waals surface area contributed by atoms with Gasteiger partial charge >= 0.3 is 6.01 Å². The molecule has 1 heterocycles. The standard InChI is InChI=1S/C12H21ClN4O/c1-4-7-17(8-5-2)11-14-10(13)15-12(16-11)18-9-6-3/h4-9H2,1-3H3. The van der Waals surface area contributed by atoms with E-state index in [-0.39, 0.29) is 5.28 Å². The predicted molar refractivity (Wildman–Crippen MR) is 73.4 cm³/mol. The van der Waals surface area contributed by atoms with Crippen molar-refractivity contribution in [3.05, 3.63) is 5.28 Å². The fourth-order valence-electron chi connectivity index (χ4n) is 1.57. The Morgan fingerprint density at radius 2 is 1.67 bits per heavy atom. The zero-order chi connectivity index (χ0) is 13.4. The molecule has 1 aromatic heterocycles. The lowest BCUT2D eigenvalue weighted by atomic mass is 10.4. The fourth-order valence-corrected chi connectivity index (χ4v) is 1.72. The van der Waals surface area contributed by atoms with Crippen LogP contribution in [0.5, 0.6) is 6.01 Å². The highest BCUT2D eigenvalue weighted by molar-refractivity contribution is 6.28. The van der Waals surface area contributed by atoms with Crippen molar-refractivity contribution >= 4 is 17.5 Å². The van der Waals surface area contributed by atoms with Crippen LogP contribution in [-0.4, -0.2) is 34.6 Å². The third-order valence-electron chi connectivity index (χ3n) is 2.28. The van der Waals surface area contributed by atoms with Gasteiger partial charge in [-0.15, -0.1) is 0 Å². The van der Waals surface area contributed by atoms with E-state index in [9.17, 15) is 0 Å². The second kappa shape index (κ2) is 8.08. The summed E-state index contributed by atoms with van der Waals surface area (Å²) >= 11 is 5.90. The Bertz CT molecular complexity index is 356. The van der Waals surface area contributed by atoms with Gasteiger partial charge < -0.3 is 9.64 Å². The van der Waals surface area contributed by atoms with Crippen molar-refractivity contribution in [2.45, 2.75) is 40.0 Å². The number of ether oxygens (including phenoxy) is 1. The maximum Gasteiger partial charge on any atom is 0.322 e. The Hall–Kier alpha value is -1.10. The molecule has 1 rings (SSSR count). The molecule has 0 spiro atoms. The number of aromatic nitrogens is 3. The van der Waals surface area contributed by atoms with Gasteiger partial charge in [0, 0.05) is 13.1 Å². The number of rotatable bonds is 8. The van der Waals surface area contributed by atoms with E-state index in [2.05, 4.69) is 33.7 Å². The van der Waals surface area contributed by atoms with Crippen molar-refractivity contribution in [1.82, 2.24) is 15.0 Å². The molecule has 5 nitrogen and oxygen atoms in total. The maximum absolute atomic E-state index is 5.90. The number of hydrogen-bond donors (Lipinski definition) is 0. The van der Waals surface area contributed by atoms with Crippen LogP contribution in [0.1, 0.15) is 40.0 Å². The number of hydrogen-bond acceptors (Lipinski definition) is 5. The van der Waals surface area contributed by atoms with Crippen molar-refractivity contribution in [2.75, 3.05) is 24.6 Å². The topological polar surface area (TPSA) is 51.1 Å². The molecule has 6 heteroatoms. The van der Waals surface area contributed by atoms with Crippen LogP contribution in [0.25, 0.3) is 0 Å². The first-order valence-electron chi connectivity index (χ1n) is 6.50. The fraction of sp³-hybridized carbons (Fsp3) is 0.750. The molecule has 0 atom stereocenters. The Kier molecular flexibility index (Phi) is 6.72. The summed E-state index contributed by atoms with van der Waals surface area (Å²) < 4.78 is 5.41. The molecule has 0 aromatic carbocycles. The predicted octanol–water partition coefficient (Wildman–Crippen LogP) is 2.94. The summed E-state index contributed by atoms with van der Waals surface area (Å²) in [6, 6.07) is 0.309. The number of nitrogens with zero attached hydrogens (tertiary/aromatic N) is 4. The summed E-state index contributed by atoms with van der Waals surface area (Å²) in [5, 5.41) is 0.184. The summed E-state index contributed by atoms with van der Waals surface area (Å²) in [6.07, 6.45) is 2.98. The van der Waals surface area contributed by atoms with Crippen molar-refractivity contribution in [3.63, 3.8) is 0 Å². The highest BCUT2D eigenvalue weighted by Gasteiger charge is 2.12. The molecule has 18 heavy (non-hydrogen) atoms. The van der Waals surface area contributed by atoms with Crippen LogP contribution in [-0.2, 0) is 0 Å². The van der Waals surface area contributed by atoms with E-state index in [0.717, 1.165) is 32.4 Å². The van der Waals surface area contributed by atoms with E-state index in [1.54, 1.807) is 0 Å². The average molecular weight is 273 g/mol. The second-order valence-electron chi connectivity index (χ2n) is 4.02. The molecule has 0 amide bonds. The van der Waals surface area contributed by atoms with Crippen LogP contribution in [0.3, 0.4) is 0 Å². The molecule has 0 aliphatic carbocycles. The summed E-state index contributed by atoms with van der Waals surface area (Å²) in [5.41, 5.74) is 0. The van der Waals surface area contributed by atoms with E-state index < -0.39 is 0 Å². The lowest BCUT2D eigenvalue weighted by molar-refractivity contribution is 0.291. The van der Waals surface area contributed by atoms with Crippen LogP contribution in [0, 0.1) is 0 Å². The van der Waals surface area contributed by atoms with Gasteiger partial charge in [-0.1, -0.05) is 20.8 Å². The van der Waals surface area contributed by atoms with Crippen LogP contribution in [0.4, 0.5) is 5.95 Å². The molecular formula is C12H21ClN4O. The van der Waals surface area contributed by atoms with E-state index in [0.29, 0.717) is 18.6 Å². The smallest absolute Gasteiger partial charge is 0.322 e. The first kappa shape index (κ1) is 15.0. The first-order chi connectivity index (χ1) is 8.71. The van der Waals surface area contributed by atoms with Crippen LogP contribution in [0.2, 0.25) is 5.28 Å². The Morgan fingerprint density at radius 1 is 1.00 bits per heavy atom. The van der Waals surface area contributed by atoms with Gasteiger partial charge in [-0.3, -0.25) is 0 Å². The van der Waals surface area contributed by atoms with Crippen molar-refractivity contribution < 1.29 is 4.74 Å². The lowest BCUT2D eigenvalue weighted by Gasteiger charge is -2.21. The number of anilines is 1. The van der Waals surface area contributed by atoms with Crippen molar-refractivity contribution in [2.24, 2.45) is 0 Å². The van der Waals surface area contributed by atoms with Gasteiger partial charge in [0.1, 0.15) is 0 Å². The summed E-state index contributed by atoms with van der Waals surface area (Å²) in [6.45, 7) is 8.67. The van der Waals surface area contributed by atoms with E-state index in [1.807, 2.05) is 6.92 Å². The Balaban J connectivity index is 2.87. The molecule has 102 valence electrons. The van der Waals surface area contributed by atoms with Crippen LogP contribution < -0.4 is 9.64 Å². The lowest BCUT2D eigenvalue weighted by Crippen LogP contribution is -2.27. The summed E-state index contributed by atoms with van der Waals surface area (Å²) in [7, 11) is 0. The van der Waals surface area contributed by atoms with Gasteiger partial charge in [-0.25, -0.2) is 0 Å². The highest BCUT2D eigenvalue weighted by Crippen LogP contribution is 2.16. The average Bonchev–Trinajstić information content (AvgIpc) is 2.35. The minimum Gasteiger partial charge on any atom is -0.463 e. The molecule has 1 aromatic rings. The molecule has 0 aliphatic heterocycles. The Labute approximate surface area is 114 Å². The van der Waals surface area contributed by atoms with Gasteiger partial charge in [0.15, 0.2) is 0 Å². The SMILES string of the molecule is CCCOc1nc(Cl)nc(N(CCC)CCC)n1. The van der Waals surface area contributed by atoms with Crippen LogP contribution in [0.15, 0.2) is 0 Å². The normalized spacial score (nSPS) is 10.4. The molecule has 0 radical (unpaired) electrons. The minimum atomic E-state index is 0.184. The largest absolute Gasteiger partial charge is 0.463 e. The van der Waals surface area contributed by atoms with Gasteiger partial charge in [0.25, 0.3) is 0 Å². The molecule has 0 fully saturated rings. The summed E-state index contributed by atoms with van der Waals surface area (Å²) in [5.74, 6) is 0.602. The summed E-state index contributed by atoms with van der Waals surface area (Å²) in [4.78, 5) is 14.5. The van der Waals surface area contributed by atoms with Gasteiger partial charge in [0.2, 0.25) is 11.2 Å². The third-order valence-corrected chi connectivity index (χ3v) is 2.45. The third kappa shape index (κ3) is 4.64. The molecule has 0 unspecified atom stereocenters. The van der Waals surface area contributed by atoms with Crippen LogP contribution >= 0.6 is 11.6 Å². The van der Waals surface area contributed by atoms with E-state index in [4.69, 9.17) is 16.3 Å². The van der Waals surface area contributed by atoms with E-state index in [1.165, 1.54) is 0 Å². The second-order valence-corrected chi connectivity index (χ2v) is 4.36. The molecule has 0 saturated carbocycles.